The molecule has 1 N–H and O–H groups in total. The van der Waals surface area contributed by atoms with Crippen LogP contribution in [0.15, 0.2) is 36.4 Å². The first-order chi connectivity index (χ1) is 14.3. The predicted octanol–water partition coefficient (Wildman–Crippen LogP) is 6.78. The molecule has 30 heavy (non-hydrogen) atoms. The number of halogens is 4. The maximum atomic E-state index is 14.1. The monoisotopic (exact) mass is 438 g/mol. The Balaban J connectivity index is 1.90. The van der Waals surface area contributed by atoms with Crippen LogP contribution in [0.3, 0.4) is 0 Å². The minimum absolute atomic E-state index is 0.0265. The third kappa shape index (κ3) is 4.59. The SMILES string of the molecule is O=C(O)C(CC1CC1)c1cc(-c2ccccc2)c(OCC2CC2)c(Cl)c1C(F)(F)F. The Hall–Kier alpha value is -2.21. The highest BCUT2D eigenvalue weighted by Gasteiger charge is 2.43. The van der Waals surface area contributed by atoms with Crippen molar-refractivity contribution in [2.24, 2.45) is 11.8 Å². The van der Waals surface area contributed by atoms with Gasteiger partial charge >= 0.3 is 12.1 Å². The van der Waals surface area contributed by atoms with Crippen molar-refractivity contribution in [2.75, 3.05) is 6.61 Å². The Labute approximate surface area is 177 Å². The first-order valence-electron chi connectivity index (χ1n) is 10.1. The van der Waals surface area contributed by atoms with Crippen molar-refractivity contribution in [3.05, 3.63) is 52.5 Å². The van der Waals surface area contributed by atoms with Gasteiger partial charge in [-0.05, 0) is 48.3 Å². The molecule has 2 aromatic carbocycles. The molecule has 2 aromatic rings. The second-order valence-electron chi connectivity index (χ2n) is 8.22. The minimum Gasteiger partial charge on any atom is -0.491 e. The van der Waals surface area contributed by atoms with Crippen LogP contribution in [0.1, 0.15) is 49.1 Å². The van der Waals surface area contributed by atoms with Gasteiger partial charge in [0.15, 0.2) is 0 Å². The minimum atomic E-state index is -4.80. The lowest BCUT2D eigenvalue weighted by molar-refractivity contribution is -0.141. The number of carbonyl (C=O) groups is 1. The van der Waals surface area contributed by atoms with E-state index in [1.807, 2.05) is 0 Å². The van der Waals surface area contributed by atoms with Gasteiger partial charge in [0.05, 0.1) is 23.1 Å². The van der Waals surface area contributed by atoms with Crippen molar-refractivity contribution >= 4 is 17.6 Å². The molecule has 0 aliphatic heterocycles. The number of hydrogen-bond acceptors (Lipinski definition) is 2. The van der Waals surface area contributed by atoms with Crippen LogP contribution in [0.25, 0.3) is 11.1 Å². The normalized spacial score (nSPS) is 17.6. The molecule has 0 amide bonds. The zero-order valence-corrected chi connectivity index (χ0v) is 17.0. The first kappa shape index (κ1) is 21.0. The number of carboxylic acid groups (broad SMARTS) is 1. The molecule has 0 aromatic heterocycles. The van der Waals surface area contributed by atoms with Gasteiger partial charge in [0.1, 0.15) is 5.75 Å². The van der Waals surface area contributed by atoms with Gasteiger partial charge in [-0.2, -0.15) is 13.2 Å². The van der Waals surface area contributed by atoms with Gasteiger partial charge in [-0.1, -0.05) is 54.8 Å². The number of aliphatic carboxylic acids is 1. The van der Waals surface area contributed by atoms with Gasteiger partial charge in [-0.3, -0.25) is 4.79 Å². The molecule has 2 saturated carbocycles. The molecule has 160 valence electrons. The highest BCUT2D eigenvalue weighted by Crippen LogP contribution is 2.51. The molecule has 0 heterocycles. The van der Waals surface area contributed by atoms with Gasteiger partial charge in [0.25, 0.3) is 0 Å². The van der Waals surface area contributed by atoms with E-state index in [0.717, 1.165) is 25.7 Å². The van der Waals surface area contributed by atoms with E-state index in [1.54, 1.807) is 30.3 Å². The summed E-state index contributed by atoms with van der Waals surface area (Å²) in [5.41, 5.74) is -0.353. The maximum Gasteiger partial charge on any atom is 0.418 e. The lowest BCUT2D eigenvalue weighted by atomic mass is 9.86. The first-order valence-corrected chi connectivity index (χ1v) is 10.5. The molecule has 1 unspecified atom stereocenters. The van der Waals surface area contributed by atoms with E-state index in [9.17, 15) is 23.1 Å². The van der Waals surface area contributed by atoms with Gasteiger partial charge < -0.3 is 9.84 Å². The highest BCUT2D eigenvalue weighted by molar-refractivity contribution is 6.33. The Morgan fingerprint density at radius 2 is 1.77 bits per heavy atom. The maximum absolute atomic E-state index is 14.1. The summed E-state index contributed by atoms with van der Waals surface area (Å²) in [6, 6.07) is 10.2. The zero-order valence-electron chi connectivity index (χ0n) is 16.2. The van der Waals surface area contributed by atoms with Gasteiger partial charge in [-0.25, -0.2) is 0 Å². The Kier molecular flexibility index (Phi) is 5.71. The molecular formula is C23H22ClF3O3. The summed E-state index contributed by atoms with van der Waals surface area (Å²) < 4.78 is 48.0. The Morgan fingerprint density at radius 1 is 1.13 bits per heavy atom. The van der Waals surface area contributed by atoms with Crippen LogP contribution in [-0.2, 0) is 11.0 Å². The van der Waals surface area contributed by atoms with E-state index in [-0.39, 0.29) is 23.7 Å². The van der Waals surface area contributed by atoms with E-state index in [4.69, 9.17) is 16.3 Å². The third-order valence-corrected chi connectivity index (χ3v) is 6.08. The lowest BCUT2D eigenvalue weighted by Gasteiger charge is -2.24. The van der Waals surface area contributed by atoms with Crippen molar-refractivity contribution in [1.82, 2.24) is 0 Å². The van der Waals surface area contributed by atoms with E-state index >= 15 is 0 Å². The summed E-state index contributed by atoms with van der Waals surface area (Å²) in [5.74, 6) is -2.11. The molecule has 0 saturated heterocycles. The van der Waals surface area contributed by atoms with Crippen LogP contribution >= 0.6 is 11.6 Å². The molecule has 3 nitrogen and oxygen atoms in total. The molecule has 0 bridgehead atoms. The highest BCUT2D eigenvalue weighted by atomic mass is 35.5. The average Bonchev–Trinajstić information content (AvgIpc) is 3.59. The van der Waals surface area contributed by atoms with E-state index in [0.29, 0.717) is 23.7 Å². The smallest absolute Gasteiger partial charge is 0.418 e. The van der Waals surface area contributed by atoms with Crippen molar-refractivity contribution in [2.45, 2.75) is 44.2 Å². The lowest BCUT2D eigenvalue weighted by Crippen LogP contribution is -2.20. The van der Waals surface area contributed by atoms with Crippen LogP contribution in [0.2, 0.25) is 5.02 Å². The quantitative estimate of drug-likeness (QED) is 0.494. The second kappa shape index (κ2) is 8.14. The summed E-state index contributed by atoms with van der Waals surface area (Å²) >= 11 is 6.32. The van der Waals surface area contributed by atoms with Crippen LogP contribution in [-0.4, -0.2) is 17.7 Å². The van der Waals surface area contributed by atoms with Crippen molar-refractivity contribution in [3.8, 4) is 16.9 Å². The van der Waals surface area contributed by atoms with E-state index in [2.05, 4.69) is 0 Å². The van der Waals surface area contributed by atoms with Gasteiger partial charge in [0.2, 0.25) is 0 Å². The van der Waals surface area contributed by atoms with Crippen molar-refractivity contribution in [1.29, 1.82) is 0 Å². The summed E-state index contributed by atoms with van der Waals surface area (Å²) in [6.07, 6.45) is -0.988. The largest absolute Gasteiger partial charge is 0.491 e. The van der Waals surface area contributed by atoms with Gasteiger partial charge in [0, 0.05) is 5.56 Å². The fourth-order valence-corrected chi connectivity index (χ4v) is 4.09. The number of benzene rings is 2. The topological polar surface area (TPSA) is 46.5 Å². The fourth-order valence-electron chi connectivity index (χ4n) is 3.72. The summed E-state index contributed by atoms with van der Waals surface area (Å²) in [4.78, 5) is 12.0. The van der Waals surface area contributed by atoms with Crippen LogP contribution < -0.4 is 4.74 Å². The molecule has 2 aliphatic carbocycles. The number of carboxylic acids is 1. The summed E-state index contributed by atoms with van der Waals surface area (Å²) in [5, 5.41) is 9.20. The fraction of sp³-hybridized carbons (Fsp3) is 0.435. The van der Waals surface area contributed by atoms with E-state index < -0.39 is 28.6 Å². The number of rotatable bonds is 8. The second-order valence-corrected chi connectivity index (χ2v) is 8.60. The van der Waals surface area contributed by atoms with Crippen LogP contribution in [0.5, 0.6) is 5.75 Å². The molecule has 0 radical (unpaired) electrons. The third-order valence-electron chi connectivity index (χ3n) is 5.72. The van der Waals surface area contributed by atoms with Crippen molar-refractivity contribution in [3.63, 3.8) is 0 Å². The summed E-state index contributed by atoms with van der Waals surface area (Å²) in [7, 11) is 0. The van der Waals surface area contributed by atoms with Gasteiger partial charge in [-0.15, -0.1) is 0 Å². The molecule has 2 fully saturated rings. The molecule has 2 aliphatic rings. The number of ether oxygens (including phenoxy) is 1. The van der Waals surface area contributed by atoms with Crippen LogP contribution in [0, 0.1) is 11.8 Å². The molecular weight excluding hydrogens is 417 g/mol. The van der Waals surface area contributed by atoms with Crippen molar-refractivity contribution < 1.29 is 27.8 Å². The molecule has 7 heteroatoms. The number of alkyl halides is 3. The molecule has 0 spiro atoms. The molecule has 4 rings (SSSR count). The van der Waals surface area contributed by atoms with E-state index in [1.165, 1.54) is 6.07 Å². The zero-order chi connectivity index (χ0) is 21.5. The predicted molar refractivity (Wildman–Crippen MR) is 108 cm³/mol. The number of hydrogen-bond donors (Lipinski definition) is 1. The average molecular weight is 439 g/mol. The van der Waals surface area contributed by atoms with Crippen LogP contribution in [0.4, 0.5) is 13.2 Å². The molecule has 1 atom stereocenters. The summed E-state index contributed by atoms with van der Waals surface area (Å²) in [6.45, 7) is 0.292. The Morgan fingerprint density at radius 3 is 2.30 bits per heavy atom. The Bertz CT molecular complexity index is 935. The standard InChI is InChI=1S/C23H22ClF3O3/c24-20-19(23(25,26)27)17(18(22(28)29)10-13-6-7-13)11-16(15-4-2-1-3-5-15)21(20)30-12-14-8-9-14/h1-5,11,13-14,18H,6-10,12H2,(H,28,29).